The van der Waals surface area contributed by atoms with Crippen LogP contribution in [0.5, 0.6) is 5.75 Å². The lowest BCUT2D eigenvalue weighted by atomic mass is 10.1. The highest BCUT2D eigenvalue weighted by Gasteiger charge is 2.09. The summed E-state index contributed by atoms with van der Waals surface area (Å²) in [5, 5.41) is 12.3. The third kappa shape index (κ3) is 4.48. The van der Waals surface area contributed by atoms with Crippen LogP contribution in [0.2, 0.25) is 0 Å². The van der Waals surface area contributed by atoms with Crippen LogP contribution < -0.4 is 10.1 Å². The van der Waals surface area contributed by atoms with Crippen LogP contribution in [0.15, 0.2) is 39.3 Å². The molecule has 23 heavy (non-hydrogen) atoms. The van der Waals surface area contributed by atoms with Crippen molar-refractivity contribution in [2.45, 2.75) is 20.4 Å². The van der Waals surface area contributed by atoms with Crippen molar-refractivity contribution in [2.75, 3.05) is 11.9 Å². The van der Waals surface area contributed by atoms with E-state index in [-0.39, 0.29) is 0 Å². The topological polar surface area (TPSA) is 58.6 Å². The number of rotatable bonds is 6. The van der Waals surface area contributed by atoms with Crippen LogP contribution in [0.25, 0.3) is 0 Å². The molecule has 4 nitrogen and oxygen atoms in total. The lowest BCUT2D eigenvalue weighted by Gasteiger charge is -2.13. The van der Waals surface area contributed by atoms with Crippen LogP contribution in [0.1, 0.15) is 28.4 Å². The summed E-state index contributed by atoms with van der Waals surface area (Å²) in [5.41, 5.74) is 3.18. The van der Waals surface area contributed by atoms with E-state index in [1.165, 1.54) is 0 Å². The van der Waals surface area contributed by atoms with Crippen LogP contribution in [0, 0.1) is 6.92 Å². The summed E-state index contributed by atoms with van der Waals surface area (Å²) in [6.07, 6.45) is 0. The number of nitrogens with one attached hydrogen (secondary N) is 1. The second-order valence-corrected chi connectivity index (χ2v) is 6.72. The Morgan fingerprint density at radius 1 is 1.22 bits per heavy atom. The molecule has 0 amide bonds. The molecule has 0 aliphatic rings. The molecule has 0 aliphatic heterocycles. The van der Waals surface area contributed by atoms with E-state index in [1.807, 2.05) is 26.0 Å². The van der Waals surface area contributed by atoms with Crippen molar-refractivity contribution in [2.24, 2.45) is 0 Å². The molecule has 122 valence electrons. The Labute approximate surface area is 152 Å². The second kappa shape index (κ2) is 7.84. The SMILES string of the molecule is CCOc1c(Br)cc(CNc2ccc(C(=O)O)cc2C)cc1Br. The standard InChI is InChI=1S/C17H17Br2NO3/c1-3-23-16-13(18)7-11(8-14(16)19)9-20-15-5-4-12(17(21)22)6-10(15)2/h4-8,20H,3,9H2,1-2H3,(H,21,22). The van der Waals surface area contributed by atoms with Gasteiger partial charge in [0.15, 0.2) is 0 Å². The molecule has 2 N–H and O–H groups in total. The molecule has 0 fully saturated rings. The van der Waals surface area contributed by atoms with Crippen LogP contribution in [0.3, 0.4) is 0 Å². The number of aromatic carboxylic acids is 1. The molecular formula is C17H17Br2NO3. The van der Waals surface area contributed by atoms with Gasteiger partial charge in [-0.2, -0.15) is 0 Å². The molecule has 0 radical (unpaired) electrons. The third-order valence-electron chi connectivity index (χ3n) is 3.30. The first kappa shape index (κ1) is 17.8. The number of aryl methyl sites for hydroxylation is 1. The Kier molecular flexibility index (Phi) is 6.07. The zero-order valence-corrected chi connectivity index (χ0v) is 16.0. The van der Waals surface area contributed by atoms with Crippen molar-refractivity contribution in [3.8, 4) is 5.75 Å². The van der Waals surface area contributed by atoms with Gasteiger partial charge in [0.25, 0.3) is 0 Å². The van der Waals surface area contributed by atoms with Gasteiger partial charge in [0.2, 0.25) is 0 Å². The first-order valence-electron chi connectivity index (χ1n) is 7.11. The van der Waals surface area contributed by atoms with Gasteiger partial charge in [0, 0.05) is 12.2 Å². The normalized spacial score (nSPS) is 10.4. The summed E-state index contributed by atoms with van der Waals surface area (Å²) < 4.78 is 7.35. The van der Waals surface area contributed by atoms with Crippen LogP contribution in [0.4, 0.5) is 5.69 Å². The fourth-order valence-electron chi connectivity index (χ4n) is 2.19. The van der Waals surface area contributed by atoms with E-state index in [2.05, 4.69) is 37.2 Å². The fraction of sp³-hybridized carbons (Fsp3) is 0.235. The molecule has 0 atom stereocenters. The van der Waals surface area contributed by atoms with Crippen molar-refractivity contribution in [3.63, 3.8) is 0 Å². The van der Waals surface area contributed by atoms with Crippen molar-refractivity contribution in [3.05, 3.63) is 56.0 Å². The first-order valence-corrected chi connectivity index (χ1v) is 8.69. The molecule has 2 rings (SSSR count). The average molecular weight is 443 g/mol. The van der Waals surface area contributed by atoms with Gasteiger partial charge in [-0.1, -0.05) is 0 Å². The monoisotopic (exact) mass is 441 g/mol. The minimum atomic E-state index is -0.918. The van der Waals surface area contributed by atoms with Gasteiger partial charge in [0.1, 0.15) is 5.75 Å². The Balaban J connectivity index is 2.13. The van der Waals surface area contributed by atoms with E-state index < -0.39 is 5.97 Å². The lowest BCUT2D eigenvalue weighted by Crippen LogP contribution is -2.04. The van der Waals surface area contributed by atoms with Crippen LogP contribution in [-0.2, 0) is 6.54 Å². The average Bonchev–Trinajstić information content (AvgIpc) is 2.49. The highest BCUT2D eigenvalue weighted by atomic mass is 79.9. The summed E-state index contributed by atoms with van der Waals surface area (Å²) >= 11 is 7.03. The molecule has 0 bridgehead atoms. The summed E-state index contributed by atoms with van der Waals surface area (Å²) in [5.74, 6) is -0.128. The number of halogens is 2. The Bertz CT molecular complexity index is 709. The molecule has 0 spiro atoms. The Morgan fingerprint density at radius 3 is 2.39 bits per heavy atom. The molecule has 0 saturated heterocycles. The predicted molar refractivity (Wildman–Crippen MR) is 98.5 cm³/mol. The quantitative estimate of drug-likeness (QED) is 0.643. The number of anilines is 1. The largest absolute Gasteiger partial charge is 0.492 e. The van der Waals surface area contributed by atoms with E-state index >= 15 is 0 Å². The van der Waals surface area contributed by atoms with Gasteiger partial charge >= 0.3 is 5.97 Å². The fourth-order valence-corrected chi connectivity index (χ4v) is 3.70. The maximum Gasteiger partial charge on any atom is 0.335 e. The van der Waals surface area contributed by atoms with Crippen molar-refractivity contribution in [1.29, 1.82) is 0 Å². The zero-order valence-electron chi connectivity index (χ0n) is 12.8. The number of carboxylic acid groups (broad SMARTS) is 1. The summed E-state index contributed by atoms with van der Waals surface area (Å²) in [4.78, 5) is 11.0. The number of hydrogen-bond donors (Lipinski definition) is 2. The van der Waals surface area contributed by atoms with Gasteiger partial charge < -0.3 is 15.2 Å². The molecule has 2 aromatic rings. The molecular weight excluding hydrogens is 426 g/mol. The van der Waals surface area contributed by atoms with Crippen LogP contribution in [-0.4, -0.2) is 17.7 Å². The second-order valence-electron chi connectivity index (χ2n) is 5.01. The Hall–Kier alpha value is -1.53. The third-order valence-corrected chi connectivity index (χ3v) is 4.48. The van der Waals surface area contributed by atoms with Gasteiger partial charge in [0.05, 0.1) is 21.1 Å². The maximum atomic E-state index is 11.0. The summed E-state index contributed by atoms with van der Waals surface area (Å²) in [6, 6.07) is 9.06. The maximum absolute atomic E-state index is 11.0. The van der Waals surface area contributed by atoms with Gasteiger partial charge in [-0.3, -0.25) is 0 Å². The number of benzene rings is 2. The van der Waals surface area contributed by atoms with Gasteiger partial charge in [-0.25, -0.2) is 4.79 Å². The number of ether oxygens (including phenoxy) is 1. The predicted octanol–water partition coefficient (Wildman–Crippen LogP) is 5.23. The minimum Gasteiger partial charge on any atom is -0.492 e. The molecule has 0 heterocycles. The van der Waals surface area contributed by atoms with Crippen LogP contribution >= 0.6 is 31.9 Å². The van der Waals surface area contributed by atoms with Crippen molar-refractivity contribution >= 4 is 43.5 Å². The first-order chi connectivity index (χ1) is 10.9. The number of carboxylic acids is 1. The summed E-state index contributed by atoms with van der Waals surface area (Å²) in [6.45, 7) is 5.05. The number of hydrogen-bond acceptors (Lipinski definition) is 3. The van der Waals surface area contributed by atoms with E-state index in [0.717, 1.165) is 31.5 Å². The molecule has 0 unspecified atom stereocenters. The van der Waals surface area contributed by atoms with Gasteiger partial charge in [-0.05, 0) is 87.2 Å². The number of carbonyl (C=O) groups is 1. The molecule has 0 aromatic heterocycles. The summed E-state index contributed by atoms with van der Waals surface area (Å²) in [7, 11) is 0. The molecule has 0 saturated carbocycles. The Morgan fingerprint density at radius 2 is 1.87 bits per heavy atom. The van der Waals surface area contributed by atoms with E-state index in [0.29, 0.717) is 18.7 Å². The minimum absolute atomic E-state index is 0.291. The van der Waals surface area contributed by atoms with Crippen molar-refractivity contribution < 1.29 is 14.6 Å². The van der Waals surface area contributed by atoms with E-state index in [1.54, 1.807) is 18.2 Å². The lowest BCUT2D eigenvalue weighted by molar-refractivity contribution is 0.0697. The highest BCUT2D eigenvalue weighted by molar-refractivity contribution is 9.11. The molecule has 6 heteroatoms. The van der Waals surface area contributed by atoms with E-state index in [9.17, 15) is 4.79 Å². The molecule has 2 aromatic carbocycles. The zero-order chi connectivity index (χ0) is 17.0. The molecule has 0 aliphatic carbocycles. The van der Waals surface area contributed by atoms with Gasteiger partial charge in [-0.15, -0.1) is 0 Å². The highest BCUT2D eigenvalue weighted by Crippen LogP contribution is 2.35. The smallest absolute Gasteiger partial charge is 0.335 e. The van der Waals surface area contributed by atoms with Crippen molar-refractivity contribution in [1.82, 2.24) is 0 Å². The van der Waals surface area contributed by atoms with E-state index in [4.69, 9.17) is 9.84 Å².